The maximum Gasteiger partial charge on any atom is 0.123 e. The summed E-state index contributed by atoms with van der Waals surface area (Å²) in [5.74, 6) is 0.530. The Morgan fingerprint density at radius 3 is 2.65 bits per heavy atom. The van der Waals surface area contributed by atoms with Crippen LogP contribution in [0, 0.1) is 5.82 Å². The van der Waals surface area contributed by atoms with E-state index in [1.165, 1.54) is 12.1 Å². The SMILES string of the molecule is CC(Oc1ccc2ccn(CCCO)c2c1)c1ccc(F)cc1. The van der Waals surface area contributed by atoms with Crippen LogP contribution < -0.4 is 4.74 Å². The van der Waals surface area contributed by atoms with Crippen LogP contribution in [0.4, 0.5) is 4.39 Å². The van der Waals surface area contributed by atoms with Gasteiger partial charge in [0.2, 0.25) is 0 Å². The number of benzene rings is 2. The largest absolute Gasteiger partial charge is 0.486 e. The van der Waals surface area contributed by atoms with Crippen molar-refractivity contribution in [2.45, 2.75) is 26.0 Å². The lowest BCUT2D eigenvalue weighted by Gasteiger charge is -2.15. The molecule has 1 N–H and O–H groups in total. The molecule has 0 bridgehead atoms. The third-order valence-electron chi connectivity index (χ3n) is 3.95. The Balaban J connectivity index is 1.80. The second kappa shape index (κ2) is 6.84. The smallest absolute Gasteiger partial charge is 0.123 e. The summed E-state index contributed by atoms with van der Waals surface area (Å²) in [6.45, 7) is 2.90. The molecule has 1 heterocycles. The first-order chi connectivity index (χ1) is 11.2. The van der Waals surface area contributed by atoms with Crippen LogP contribution in [0.3, 0.4) is 0 Å². The lowest BCUT2D eigenvalue weighted by Crippen LogP contribution is -2.03. The van der Waals surface area contributed by atoms with E-state index in [-0.39, 0.29) is 18.5 Å². The Morgan fingerprint density at radius 1 is 1.13 bits per heavy atom. The Labute approximate surface area is 134 Å². The van der Waals surface area contributed by atoms with Crippen molar-refractivity contribution in [2.24, 2.45) is 0 Å². The molecule has 0 amide bonds. The van der Waals surface area contributed by atoms with Crippen LogP contribution in [-0.2, 0) is 6.54 Å². The third-order valence-corrected chi connectivity index (χ3v) is 3.95. The second-order valence-corrected chi connectivity index (χ2v) is 5.62. The first kappa shape index (κ1) is 15.6. The molecule has 3 aromatic rings. The van der Waals surface area contributed by atoms with Gasteiger partial charge in [-0.05, 0) is 54.6 Å². The van der Waals surface area contributed by atoms with Crippen LogP contribution in [0.5, 0.6) is 5.75 Å². The van der Waals surface area contributed by atoms with E-state index in [1.807, 2.05) is 31.3 Å². The number of aliphatic hydroxyl groups is 1. The molecule has 23 heavy (non-hydrogen) atoms. The van der Waals surface area contributed by atoms with Gasteiger partial charge in [-0.2, -0.15) is 0 Å². The molecule has 0 fully saturated rings. The fraction of sp³-hybridized carbons (Fsp3) is 0.263. The lowest BCUT2D eigenvalue weighted by molar-refractivity contribution is 0.227. The number of ether oxygens (including phenoxy) is 1. The molecule has 1 aromatic heterocycles. The fourth-order valence-corrected chi connectivity index (χ4v) is 2.68. The number of fused-ring (bicyclic) bond motifs is 1. The van der Waals surface area contributed by atoms with Gasteiger partial charge in [0, 0.05) is 25.4 Å². The van der Waals surface area contributed by atoms with Gasteiger partial charge >= 0.3 is 0 Å². The summed E-state index contributed by atoms with van der Waals surface area (Å²) in [6, 6.07) is 14.4. The standard InChI is InChI=1S/C19H20FNO2/c1-14(15-3-6-17(20)7-4-15)23-18-8-5-16-9-11-21(10-2-12-22)19(16)13-18/h3-9,11,13-14,22H,2,10,12H2,1H3. The maximum absolute atomic E-state index is 13.0. The zero-order valence-corrected chi connectivity index (χ0v) is 13.1. The minimum absolute atomic E-state index is 0.158. The van der Waals surface area contributed by atoms with Gasteiger partial charge in [-0.25, -0.2) is 4.39 Å². The molecule has 0 aliphatic rings. The van der Waals surface area contributed by atoms with Gasteiger partial charge in [-0.15, -0.1) is 0 Å². The van der Waals surface area contributed by atoms with Crippen LogP contribution in [0.25, 0.3) is 10.9 Å². The zero-order valence-electron chi connectivity index (χ0n) is 13.1. The van der Waals surface area contributed by atoms with E-state index in [2.05, 4.69) is 10.6 Å². The Kier molecular flexibility index (Phi) is 4.63. The van der Waals surface area contributed by atoms with Crippen molar-refractivity contribution in [2.75, 3.05) is 6.61 Å². The lowest BCUT2D eigenvalue weighted by atomic mass is 10.1. The summed E-state index contributed by atoms with van der Waals surface area (Å²) in [5.41, 5.74) is 2.02. The van der Waals surface area contributed by atoms with Gasteiger partial charge in [0.15, 0.2) is 0 Å². The van der Waals surface area contributed by atoms with Crippen molar-refractivity contribution in [3.8, 4) is 5.75 Å². The van der Waals surface area contributed by atoms with Crippen LogP contribution >= 0.6 is 0 Å². The minimum Gasteiger partial charge on any atom is -0.486 e. The van der Waals surface area contributed by atoms with Gasteiger partial charge in [-0.3, -0.25) is 0 Å². The molecule has 3 nitrogen and oxygen atoms in total. The highest BCUT2D eigenvalue weighted by Gasteiger charge is 2.09. The molecule has 0 spiro atoms. The number of halogens is 1. The minimum atomic E-state index is -0.246. The number of rotatable bonds is 6. The molecule has 0 aliphatic carbocycles. The summed E-state index contributed by atoms with van der Waals surface area (Å²) in [5, 5.41) is 10.1. The maximum atomic E-state index is 13.0. The summed E-state index contributed by atoms with van der Waals surface area (Å²) < 4.78 is 21.1. The number of aliphatic hydroxyl groups excluding tert-OH is 1. The van der Waals surface area contributed by atoms with Crippen LogP contribution in [-0.4, -0.2) is 16.3 Å². The second-order valence-electron chi connectivity index (χ2n) is 5.62. The normalized spacial score (nSPS) is 12.5. The average Bonchev–Trinajstić information content (AvgIpc) is 2.96. The quantitative estimate of drug-likeness (QED) is 0.736. The van der Waals surface area contributed by atoms with Crippen LogP contribution in [0.15, 0.2) is 54.7 Å². The molecular weight excluding hydrogens is 293 g/mol. The molecule has 2 aromatic carbocycles. The first-order valence-electron chi connectivity index (χ1n) is 7.79. The van der Waals surface area contributed by atoms with Gasteiger partial charge in [-0.1, -0.05) is 12.1 Å². The van der Waals surface area contributed by atoms with E-state index in [9.17, 15) is 4.39 Å². The van der Waals surface area contributed by atoms with E-state index >= 15 is 0 Å². The third kappa shape index (κ3) is 3.54. The molecule has 0 radical (unpaired) electrons. The number of nitrogens with zero attached hydrogens (tertiary/aromatic N) is 1. The van der Waals surface area contributed by atoms with E-state index in [0.29, 0.717) is 0 Å². The van der Waals surface area contributed by atoms with Gasteiger partial charge < -0.3 is 14.4 Å². The predicted octanol–water partition coefficient (Wildman–Crippen LogP) is 4.30. The molecule has 1 unspecified atom stereocenters. The Morgan fingerprint density at radius 2 is 1.91 bits per heavy atom. The van der Waals surface area contributed by atoms with Gasteiger partial charge in [0.1, 0.15) is 17.7 Å². The van der Waals surface area contributed by atoms with Crippen molar-refractivity contribution < 1.29 is 14.2 Å². The summed E-state index contributed by atoms with van der Waals surface area (Å²) in [7, 11) is 0. The molecule has 120 valence electrons. The van der Waals surface area contributed by atoms with E-state index in [1.54, 1.807) is 12.1 Å². The van der Waals surface area contributed by atoms with Crippen molar-refractivity contribution in [3.05, 3.63) is 66.1 Å². The summed E-state index contributed by atoms with van der Waals surface area (Å²) in [6.07, 6.45) is 2.59. The van der Waals surface area contributed by atoms with Crippen LogP contribution in [0.2, 0.25) is 0 Å². The Bertz CT molecular complexity index is 780. The molecule has 1 atom stereocenters. The summed E-state index contributed by atoms with van der Waals surface area (Å²) >= 11 is 0. The highest BCUT2D eigenvalue weighted by molar-refractivity contribution is 5.81. The highest BCUT2D eigenvalue weighted by atomic mass is 19.1. The zero-order chi connectivity index (χ0) is 16.2. The molecule has 0 aliphatic heterocycles. The van der Waals surface area contributed by atoms with Crippen molar-refractivity contribution in [1.29, 1.82) is 0 Å². The summed E-state index contributed by atoms with van der Waals surface area (Å²) in [4.78, 5) is 0. The number of hydrogen-bond acceptors (Lipinski definition) is 2. The topological polar surface area (TPSA) is 34.4 Å². The number of aryl methyl sites for hydroxylation is 1. The van der Waals surface area contributed by atoms with E-state index in [0.717, 1.165) is 35.2 Å². The molecular formula is C19H20FNO2. The van der Waals surface area contributed by atoms with Crippen molar-refractivity contribution in [3.63, 3.8) is 0 Å². The van der Waals surface area contributed by atoms with Crippen LogP contribution in [0.1, 0.15) is 25.0 Å². The highest BCUT2D eigenvalue weighted by Crippen LogP contribution is 2.26. The van der Waals surface area contributed by atoms with Gasteiger partial charge in [0.25, 0.3) is 0 Å². The van der Waals surface area contributed by atoms with Crippen molar-refractivity contribution >= 4 is 10.9 Å². The molecule has 4 heteroatoms. The monoisotopic (exact) mass is 313 g/mol. The molecule has 0 saturated heterocycles. The van der Waals surface area contributed by atoms with E-state index in [4.69, 9.17) is 9.84 Å². The Hall–Kier alpha value is -2.33. The van der Waals surface area contributed by atoms with Gasteiger partial charge in [0.05, 0.1) is 5.52 Å². The number of aromatic nitrogens is 1. The predicted molar refractivity (Wildman–Crippen MR) is 89.1 cm³/mol. The fourth-order valence-electron chi connectivity index (χ4n) is 2.68. The number of hydrogen-bond donors (Lipinski definition) is 1. The molecule has 0 saturated carbocycles. The van der Waals surface area contributed by atoms with Crippen molar-refractivity contribution in [1.82, 2.24) is 4.57 Å². The van der Waals surface area contributed by atoms with E-state index < -0.39 is 0 Å². The first-order valence-corrected chi connectivity index (χ1v) is 7.79. The molecule has 3 rings (SSSR count). The average molecular weight is 313 g/mol.